The molecule has 2 heterocycles. The molecule has 1 unspecified atom stereocenters. The van der Waals surface area contributed by atoms with E-state index >= 15 is 0 Å². The Balaban J connectivity index is 1.61. The normalized spacial score (nSPS) is 17.0. The summed E-state index contributed by atoms with van der Waals surface area (Å²) in [6.45, 7) is 1.27. The van der Waals surface area contributed by atoms with E-state index in [0.29, 0.717) is 17.8 Å². The fraction of sp³-hybridized carbons (Fsp3) is 0.294. The molecule has 23 heavy (non-hydrogen) atoms. The van der Waals surface area contributed by atoms with Crippen LogP contribution in [0.25, 0.3) is 0 Å². The molecule has 2 aromatic rings. The van der Waals surface area contributed by atoms with Crippen LogP contribution < -0.4 is 10.6 Å². The largest absolute Gasteiger partial charge is 0.376 e. The molecule has 1 aliphatic heterocycles. The van der Waals surface area contributed by atoms with Crippen LogP contribution in [0.3, 0.4) is 0 Å². The van der Waals surface area contributed by atoms with Gasteiger partial charge in [-0.3, -0.25) is 9.78 Å². The Bertz CT molecular complexity index is 670. The molecule has 1 aromatic heterocycles. The second-order valence-electron chi connectivity index (χ2n) is 5.44. The molecule has 1 saturated heterocycles. The Morgan fingerprint density at radius 2 is 2.09 bits per heavy atom. The van der Waals surface area contributed by atoms with Gasteiger partial charge in [-0.05, 0) is 43.2 Å². The molecule has 0 spiro atoms. The van der Waals surface area contributed by atoms with Gasteiger partial charge >= 0.3 is 0 Å². The molecule has 0 bridgehead atoms. The number of amides is 1. The highest BCUT2D eigenvalue weighted by molar-refractivity contribution is 5.94. The minimum absolute atomic E-state index is 0.104. The van der Waals surface area contributed by atoms with Crippen LogP contribution in [0, 0.1) is 5.82 Å². The molecular weight excluding hydrogens is 297 g/mol. The quantitative estimate of drug-likeness (QED) is 0.890. The first kappa shape index (κ1) is 15.4. The number of rotatable bonds is 5. The fourth-order valence-electron chi connectivity index (χ4n) is 2.45. The van der Waals surface area contributed by atoms with Crippen LogP contribution in [0.1, 0.15) is 23.2 Å². The lowest BCUT2D eigenvalue weighted by Crippen LogP contribution is -2.31. The van der Waals surface area contributed by atoms with Crippen LogP contribution in [0.4, 0.5) is 15.8 Å². The lowest BCUT2D eigenvalue weighted by Gasteiger charge is -2.11. The summed E-state index contributed by atoms with van der Waals surface area (Å²) in [7, 11) is 0. The fourth-order valence-corrected chi connectivity index (χ4v) is 2.45. The predicted molar refractivity (Wildman–Crippen MR) is 85.2 cm³/mol. The average molecular weight is 315 g/mol. The van der Waals surface area contributed by atoms with Gasteiger partial charge in [-0.1, -0.05) is 0 Å². The molecule has 5 nitrogen and oxygen atoms in total. The maximum Gasteiger partial charge on any atom is 0.253 e. The van der Waals surface area contributed by atoms with E-state index in [9.17, 15) is 9.18 Å². The van der Waals surface area contributed by atoms with E-state index in [1.807, 2.05) is 0 Å². The molecule has 3 rings (SSSR count). The van der Waals surface area contributed by atoms with E-state index in [2.05, 4.69) is 15.6 Å². The van der Waals surface area contributed by atoms with Crippen LogP contribution in [0.15, 0.2) is 42.7 Å². The van der Waals surface area contributed by atoms with E-state index in [1.165, 1.54) is 18.3 Å². The van der Waals surface area contributed by atoms with Crippen LogP contribution in [0.5, 0.6) is 0 Å². The van der Waals surface area contributed by atoms with Gasteiger partial charge in [0, 0.05) is 25.0 Å². The number of ether oxygens (including phenoxy) is 1. The number of aromatic nitrogens is 1. The zero-order valence-corrected chi connectivity index (χ0v) is 12.6. The predicted octanol–water partition coefficient (Wildman–Crippen LogP) is 2.87. The highest BCUT2D eigenvalue weighted by Crippen LogP contribution is 2.17. The van der Waals surface area contributed by atoms with Crippen molar-refractivity contribution in [3.05, 3.63) is 54.1 Å². The zero-order valence-electron chi connectivity index (χ0n) is 12.6. The number of pyridine rings is 1. The Hall–Kier alpha value is -2.47. The van der Waals surface area contributed by atoms with Crippen LogP contribution in [0.2, 0.25) is 0 Å². The first-order chi connectivity index (χ1) is 11.2. The number of benzene rings is 1. The van der Waals surface area contributed by atoms with Gasteiger partial charge in [0.05, 0.1) is 23.6 Å². The maximum absolute atomic E-state index is 12.9. The van der Waals surface area contributed by atoms with E-state index in [0.717, 1.165) is 25.1 Å². The number of hydrogen-bond acceptors (Lipinski definition) is 4. The molecular formula is C17H18FN3O2. The molecule has 120 valence electrons. The van der Waals surface area contributed by atoms with E-state index in [4.69, 9.17) is 4.74 Å². The van der Waals surface area contributed by atoms with Gasteiger partial charge in [-0.25, -0.2) is 4.39 Å². The molecule has 1 amide bonds. The molecule has 1 aliphatic rings. The summed E-state index contributed by atoms with van der Waals surface area (Å²) in [4.78, 5) is 16.2. The average Bonchev–Trinajstić information content (AvgIpc) is 3.08. The highest BCUT2D eigenvalue weighted by atomic mass is 19.1. The lowest BCUT2D eigenvalue weighted by atomic mass is 10.2. The van der Waals surface area contributed by atoms with Crippen LogP contribution >= 0.6 is 0 Å². The third-order valence-corrected chi connectivity index (χ3v) is 3.65. The summed E-state index contributed by atoms with van der Waals surface area (Å²) >= 11 is 0. The van der Waals surface area contributed by atoms with E-state index in [1.54, 1.807) is 24.4 Å². The Morgan fingerprint density at radius 1 is 1.26 bits per heavy atom. The van der Waals surface area contributed by atoms with Crippen molar-refractivity contribution in [2.24, 2.45) is 0 Å². The summed E-state index contributed by atoms with van der Waals surface area (Å²) in [6, 6.07) is 7.70. The standard InChI is InChI=1S/C17H18FN3O2/c18-13-3-5-14(6-4-13)21-15-8-12(9-19-10-15)17(22)20-11-16-2-1-7-23-16/h3-6,8-10,16,21H,1-2,7,11H2,(H,20,22). The zero-order chi connectivity index (χ0) is 16.1. The van der Waals surface area contributed by atoms with Crippen molar-refractivity contribution < 1.29 is 13.9 Å². The molecule has 1 atom stereocenters. The van der Waals surface area contributed by atoms with Gasteiger partial charge in [-0.15, -0.1) is 0 Å². The lowest BCUT2D eigenvalue weighted by molar-refractivity contribution is 0.0857. The first-order valence-corrected chi connectivity index (χ1v) is 7.58. The van der Waals surface area contributed by atoms with Gasteiger partial charge in [0.25, 0.3) is 5.91 Å². The van der Waals surface area contributed by atoms with Gasteiger partial charge in [-0.2, -0.15) is 0 Å². The summed E-state index contributed by atoms with van der Waals surface area (Å²) < 4.78 is 18.4. The van der Waals surface area contributed by atoms with Crippen molar-refractivity contribution in [1.29, 1.82) is 0 Å². The van der Waals surface area contributed by atoms with Crippen molar-refractivity contribution >= 4 is 17.3 Å². The van der Waals surface area contributed by atoms with Crippen molar-refractivity contribution in [3.63, 3.8) is 0 Å². The molecule has 2 N–H and O–H groups in total. The smallest absolute Gasteiger partial charge is 0.253 e. The monoisotopic (exact) mass is 315 g/mol. The number of anilines is 2. The summed E-state index contributed by atoms with van der Waals surface area (Å²) in [5, 5.41) is 5.95. The topological polar surface area (TPSA) is 63.2 Å². The van der Waals surface area contributed by atoms with Gasteiger partial charge in [0.2, 0.25) is 0 Å². The molecule has 6 heteroatoms. The Labute approximate surface area is 133 Å². The number of nitrogens with one attached hydrogen (secondary N) is 2. The Morgan fingerprint density at radius 3 is 2.83 bits per heavy atom. The van der Waals surface area contributed by atoms with E-state index in [-0.39, 0.29) is 17.8 Å². The molecule has 0 radical (unpaired) electrons. The molecule has 1 aromatic carbocycles. The molecule has 0 saturated carbocycles. The summed E-state index contributed by atoms with van der Waals surface area (Å²) in [5.74, 6) is -0.480. The van der Waals surface area contributed by atoms with Crippen molar-refractivity contribution in [1.82, 2.24) is 10.3 Å². The number of carbonyl (C=O) groups is 1. The second kappa shape index (κ2) is 7.19. The van der Waals surface area contributed by atoms with Crippen molar-refractivity contribution in [2.45, 2.75) is 18.9 Å². The molecule has 1 fully saturated rings. The van der Waals surface area contributed by atoms with Gasteiger partial charge in [0.15, 0.2) is 0 Å². The SMILES string of the molecule is O=C(NCC1CCCO1)c1cncc(Nc2ccc(F)cc2)c1. The van der Waals surface area contributed by atoms with Crippen LogP contribution in [-0.4, -0.2) is 30.1 Å². The molecule has 0 aliphatic carbocycles. The van der Waals surface area contributed by atoms with Crippen molar-refractivity contribution in [2.75, 3.05) is 18.5 Å². The number of hydrogen-bond donors (Lipinski definition) is 2. The number of halogens is 1. The highest BCUT2D eigenvalue weighted by Gasteiger charge is 2.16. The summed E-state index contributed by atoms with van der Waals surface area (Å²) in [6.07, 6.45) is 5.25. The van der Waals surface area contributed by atoms with Gasteiger partial charge < -0.3 is 15.4 Å². The van der Waals surface area contributed by atoms with E-state index < -0.39 is 0 Å². The third-order valence-electron chi connectivity index (χ3n) is 3.65. The second-order valence-corrected chi connectivity index (χ2v) is 5.44. The Kier molecular flexibility index (Phi) is 4.83. The minimum Gasteiger partial charge on any atom is -0.376 e. The first-order valence-electron chi connectivity index (χ1n) is 7.58. The van der Waals surface area contributed by atoms with Crippen LogP contribution in [-0.2, 0) is 4.74 Å². The number of nitrogens with zero attached hydrogens (tertiary/aromatic N) is 1. The number of carbonyl (C=O) groups excluding carboxylic acids is 1. The maximum atomic E-state index is 12.9. The van der Waals surface area contributed by atoms with Crippen molar-refractivity contribution in [3.8, 4) is 0 Å². The third kappa shape index (κ3) is 4.26. The minimum atomic E-state index is -0.295. The van der Waals surface area contributed by atoms with Gasteiger partial charge in [0.1, 0.15) is 5.82 Å². The summed E-state index contributed by atoms with van der Waals surface area (Å²) in [5.41, 5.74) is 1.86.